The van der Waals surface area contributed by atoms with Gasteiger partial charge in [0.25, 0.3) is 11.7 Å². The third-order valence-electron chi connectivity index (χ3n) is 5.66. The maximum atomic E-state index is 12.9. The number of carbonyl (C=O) groups excluding carboxylic acids is 1. The third kappa shape index (κ3) is 3.50. The summed E-state index contributed by atoms with van der Waals surface area (Å²) in [5.41, 5.74) is 3.28. The normalized spacial score (nSPS) is 13.4. The number of hydrogen-bond donors (Lipinski definition) is 0. The van der Waals surface area contributed by atoms with Crippen LogP contribution in [0, 0.1) is 0 Å². The van der Waals surface area contributed by atoms with Gasteiger partial charge in [-0.2, -0.15) is 4.98 Å². The lowest BCUT2D eigenvalue weighted by molar-refractivity contribution is -0.114. The third-order valence-corrected chi connectivity index (χ3v) is 5.90. The van der Waals surface area contributed by atoms with Gasteiger partial charge in [-0.15, -0.1) is 10.2 Å². The summed E-state index contributed by atoms with van der Waals surface area (Å²) < 4.78 is 1.81. The van der Waals surface area contributed by atoms with Gasteiger partial charge in [0, 0.05) is 41.5 Å². The van der Waals surface area contributed by atoms with Crippen LogP contribution in [0.5, 0.6) is 0 Å². The van der Waals surface area contributed by atoms with Crippen molar-refractivity contribution < 1.29 is 4.79 Å². The number of anilines is 3. The SMILES string of the molecule is CN(C(=O)C1=CCCC=C1)c1cccc(N(C)c2nc3nncn3c3cc(Cl)ccc23)c1. The van der Waals surface area contributed by atoms with Crippen LogP contribution in [0.3, 0.4) is 0 Å². The van der Waals surface area contributed by atoms with E-state index in [1.54, 1.807) is 18.3 Å². The monoisotopic (exact) mass is 444 g/mol. The second-order valence-corrected chi connectivity index (χ2v) is 8.12. The lowest BCUT2D eigenvalue weighted by Gasteiger charge is -2.24. The van der Waals surface area contributed by atoms with Crippen LogP contribution in [0.4, 0.5) is 17.2 Å². The Kier molecular flexibility index (Phi) is 5.11. The second-order valence-electron chi connectivity index (χ2n) is 7.68. The van der Waals surface area contributed by atoms with Crippen LogP contribution in [0.2, 0.25) is 5.02 Å². The van der Waals surface area contributed by atoms with E-state index in [1.165, 1.54) is 0 Å². The molecule has 0 bridgehead atoms. The van der Waals surface area contributed by atoms with E-state index in [-0.39, 0.29) is 5.91 Å². The minimum atomic E-state index is -0.0242. The molecule has 5 rings (SSSR count). The number of nitrogens with zero attached hydrogens (tertiary/aromatic N) is 6. The molecule has 0 saturated carbocycles. The van der Waals surface area contributed by atoms with Crippen molar-refractivity contribution in [2.75, 3.05) is 23.9 Å². The van der Waals surface area contributed by atoms with Crippen molar-refractivity contribution in [3.05, 3.63) is 77.6 Å². The number of benzene rings is 2. The quantitative estimate of drug-likeness (QED) is 0.446. The number of halogens is 1. The standard InChI is InChI=1S/C24H21ClN6O/c1-29(22-20-12-11-17(25)13-21(20)31-15-26-28-24(31)27-22)18-9-6-10-19(14-18)30(2)23(32)16-7-4-3-5-8-16/h4,6-15H,3,5H2,1-2H3. The zero-order valence-electron chi connectivity index (χ0n) is 17.7. The summed E-state index contributed by atoms with van der Waals surface area (Å²) in [5.74, 6) is 1.19. The summed E-state index contributed by atoms with van der Waals surface area (Å²) in [7, 11) is 3.74. The predicted octanol–water partition coefficient (Wildman–Crippen LogP) is 4.94. The van der Waals surface area contributed by atoms with Gasteiger partial charge in [-0.3, -0.25) is 9.20 Å². The minimum Gasteiger partial charge on any atom is -0.329 e. The molecule has 0 saturated heterocycles. The molecular formula is C24H21ClN6O. The van der Waals surface area contributed by atoms with Gasteiger partial charge in [0.05, 0.1) is 5.52 Å². The fourth-order valence-electron chi connectivity index (χ4n) is 3.89. The van der Waals surface area contributed by atoms with Crippen molar-refractivity contribution in [3.8, 4) is 0 Å². The van der Waals surface area contributed by atoms with Gasteiger partial charge in [-0.25, -0.2) is 0 Å². The first-order valence-electron chi connectivity index (χ1n) is 10.3. The predicted molar refractivity (Wildman–Crippen MR) is 128 cm³/mol. The average Bonchev–Trinajstić information content (AvgIpc) is 3.32. The Morgan fingerprint density at radius 2 is 1.94 bits per heavy atom. The molecular weight excluding hydrogens is 424 g/mol. The van der Waals surface area contributed by atoms with Crippen LogP contribution < -0.4 is 9.80 Å². The van der Waals surface area contributed by atoms with E-state index in [4.69, 9.17) is 16.6 Å². The van der Waals surface area contributed by atoms with Crippen molar-refractivity contribution in [1.82, 2.24) is 19.6 Å². The molecule has 160 valence electrons. The first-order valence-corrected chi connectivity index (χ1v) is 10.7. The van der Waals surface area contributed by atoms with Crippen LogP contribution in [-0.4, -0.2) is 39.6 Å². The molecule has 2 aromatic heterocycles. The number of aromatic nitrogens is 4. The molecule has 1 aliphatic rings. The Balaban J connectivity index is 1.54. The van der Waals surface area contributed by atoms with E-state index in [0.29, 0.717) is 10.8 Å². The zero-order chi connectivity index (χ0) is 22.2. The Morgan fingerprint density at radius 1 is 1.09 bits per heavy atom. The first-order chi connectivity index (χ1) is 15.5. The molecule has 0 radical (unpaired) electrons. The van der Waals surface area contributed by atoms with Gasteiger partial charge in [0.1, 0.15) is 12.1 Å². The van der Waals surface area contributed by atoms with Gasteiger partial charge in [-0.05, 0) is 49.2 Å². The maximum absolute atomic E-state index is 12.9. The van der Waals surface area contributed by atoms with E-state index < -0.39 is 0 Å². The fourth-order valence-corrected chi connectivity index (χ4v) is 4.06. The molecule has 0 fully saturated rings. The summed E-state index contributed by atoms with van der Waals surface area (Å²) in [6, 6.07) is 13.5. The number of hydrogen-bond acceptors (Lipinski definition) is 5. The highest BCUT2D eigenvalue weighted by Crippen LogP contribution is 2.33. The molecule has 0 atom stereocenters. The van der Waals surface area contributed by atoms with Crippen LogP contribution in [0.25, 0.3) is 16.7 Å². The molecule has 0 N–H and O–H groups in total. The van der Waals surface area contributed by atoms with E-state index in [2.05, 4.69) is 10.2 Å². The lowest BCUT2D eigenvalue weighted by Crippen LogP contribution is -2.27. The summed E-state index contributed by atoms with van der Waals surface area (Å²) in [4.78, 5) is 21.3. The molecule has 1 aliphatic carbocycles. The molecule has 0 spiro atoms. The van der Waals surface area contributed by atoms with Crippen LogP contribution >= 0.6 is 11.6 Å². The zero-order valence-corrected chi connectivity index (χ0v) is 18.5. The number of carbonyl (C=O) groups is 1. The first kappa shape index (κ1) is 20.2. The average molecular weight is 445 g/mol. The van der Waals surface area contributed by atoms with Gasteiger partial charge in [-0.1, -0.05) is 35.9 Å². The molecule has 0 aliphatic heterocycles. The Labute approximate surface area is 190 Å². The van der Waals surface area contributed by atoms with Gasteiger partial charge < -0.3 is 9.80 Å². The van der Waals surface area contributed by atoms with Crippen molar-refractivity contribution in [2.24, 2.45) is 0 Å². The number of fused-ring (bicyclic) bond motifs is 3. The highest BCUT2D eigenvalue weighted by Gasteiger charge is 2.18. The summed E-state index contributed by atoms with van der Waals surface area (Å²) >= 11 is 6.25. The molecule has 4 aromatic rings. The van der Waals surface area contributed by atoms with Gasteiger partial charge in [0.2, 0.25) is 0 Å². The number of amides is 1. The molecule has 1 amide bonds. The van der Waals surface area contributed by atoms with Crippen LogP contribution in [0.15, 0.2) is 72.6 Å². The van der Waals surface area contributed by atoms with Crippen molar-refractivity contribution >= 4 is 51.4 Å². The highest BCUT2D eigenvalue weighted by atomic mass is 35.5. The Bertz CT molecular complexity index is 1410. The number of likely N-dealkylation sites (N-methyl/N-ethyl adjacent to an activating group) is 1. The largest absolute Gasteiger partial charge is 0.329 e. The van der Waals surface area contributed by atoms with E-state index in [1.807, 2.05) is 77.0 Å². The van der Waals surface area contributed by atoms with Crippen LogP contribution in [0.1, 0.15) is 12.8 Å². The van der Waals surface area contributed by atoms with Crippen molar-refractivity contribution in [1.29, 1.82) is 0 Å². The van der Waals surface area contributed by atoms with E-state index in [0.717, 1.165) is 46.5 Å². The van der Waals surface area contributed by atoms with Crippen LogP contribution in [-0.2, 0) is 4.79 Å². The number of allylic oxidation sites excluding steroid dienone is 2. The lowest BCUT2D eigenvalue weighted by atomic mass is 10.1. The van der Waals surface area contributed by atoms with E-state index >= 15 is 0 Å². The Hall–Kier alpha value is -3.71. The summed E-state index contributed by atoms with van der Waals surface area (Å²) in [6.45, 7) is 0. The molecule has 7 nitrogen and oxygen atoms in total. The van der Waals surface area contributed by atoms with Crippen molar-refractivity contribution in [2.45, 2.75) is 12.8 Å². The molecule has 2 heterocycles. The molecule has 2 aromatic carbocycles. The number of rotatable bonds is 4. The molecule has 8 heteroatoms. The summed E-state index contributed by atoms with van der Waals surface area (Å²) in [6.07, 6.45) is 9.41. The second kappa shape index (κ2) is 8.09. The van der Waals surface area contributed by atoms with Crippen molar-refractivity contribution in [3.63, 3.8) is 0 Å². The topological polar surface area (TPSA) is 66.6 Å². The Morgan fingerprint density at radius 3 is 2.75 bits per heavy atom. The van der Waals surface area contributed by atoms with Gasteiger partial charge in [0.15, 0.2) is 0 Å². The summed E-state index contributed by atoms with van der Waals surface area (Å²) in [5, 5.41) is 9.65. The van der Waals surface area contributed by atoms with Gasteiger partial charge >= 0.3 is 0 Å². The smallest absolute Gasteiger partial charge is 0.257 e. The highest BCUT2D eigenvalue weighted by molar-refractivity contribution is 6.31. The molecule has 0 unspecified atom stereocenters. The molecule has 32 heavy (non-hydrogen) atoms. The fraction of sp³-hybridized carbons (Fsp3) is 0.167. The maximum Gasteiger partial charge on any atom is 0.257 e. The van der Waals surface area contributed by atoms with E-state index in [9.17, 15) is 4.79 Å². The minimum absolute atomic E-state index is 0.0242.